The zero-order chi connectivity index (χ0) is 20.1. The van der Waals surface area contributed by atoms with Gasteiger partial charge in [-0.25, -0.2) is 0 Å². The number of carboxylic acid groups (broad SMARTS) is 1. The van der Waals surface area contributed by atoms with Gasteiger partial charge in [-0.3, -0.25) is 14.4 Å². The number of likely N-dealkylation sites (tertiary alicyclic amines) is 1. The second-order valence-electron chi connectivity index (χ2n) is 7.25. The van der Waals surface area contributed by atoms with E-state index in [2.05, 4.69) is 5.32 Å². The van der Waals surface area contributed by atoms with E-state index in [0.29, 0.717) is 18.7 Å². The summed E-state index contributed by atoms with van der Waals surface area (Å²) in [4.78, 5) is 37.3. The molecule has 2 atom stereocenters. The summed E-state index contributed by atoms with van der Waals surface area (Å²) in [5.41, 5.74) is 2.51. The van der Waals surface area contributed by atoms with Crippen LogP contribution < -0.4 is 5.32 Å². The van der Waals surface area contributed by atoms with Crippen molar-refractivity contribution in [2.45, 2.75) is 19.8 Å². The fourth-order valence-corrected chi connectivity index (χ4v) is 3.73. The van der Waals surface area contributed by atoms with Crippen LogP contribution in [0, 0.1) is 11.8 Å². The molecule has 146 valence electrons. The number of carboxylic acids is 1. The number of nitrogens with zero attached hydrogens (tertiary/aromatic N) is 1. The Balaban J connectivity index is 1.67. The van der Waals surface area contributed by atoms with Gasteiger partial charge in [-0.1, -0.05) is 42.5 Å². The van der Waals surface area contributed by atoms with Crippen molar-refractivity contribution in [3.63, 3.8) is 0 Å². The van der Waals surface area contributed by atoms with Crippen molar-refractivity contribution >= 4 is 23.5 Å². The summed E-state index contributed by atoms with van der Waals surface area (Å²) in [5, 5.41) is 12.3. The van der Waals surface area contributed by atoms with Crippen molar-refractivity contribution in [2.24, 2.45) is 11.8 Å². The number of benzene rings is 2. The fourth-order valence-electron chi connectivity index (χ4n) is 3.73. The van der Waals surface area contributed by atoms with E-state index >= 15 is 0 Å². The van der Waals surface area contributed by atoms with Gasteiger partial charge in [0, 0.05) is 25.7 Å². The molecule has 2 aromatic rings. The quantitative estimate of drug-likeness (QED) is 0.806. The van der Waals surface area contributed by atoms with Crippen molar-refractivity contribution in [3.05, 3.63) is 65.7 Å². The van der Waals surface area contributed by atoms with Crippen LogP contribution in [0.3, 0.4) is 0 Å². The molecule has 1 saturated heterocycles. The van der Waals surface area contributed by atoms with Crippen molar-refractivity contribution in [1.82, 2.24) is 4.90 Å². The molecule has 6 nitrogen and oxygen atoms in total. The van der Waals surface area contributed by atoms with Crippen molar-refractivity contribution in [3.8, 4) is 0 Å². The summed E-state index contributed by atoms with van der Waals surface area (Å²) < 4.78 is 0. The number of aliphatic carboxylic acids is 1. The molecule has 0 bridgehead atoms. The molecule has 2 N–H and O–H groups in total. The number of hydrogen-bond donors (Lipinski definition) is 2. The molecule has 3 rings (SSSR count). The van der Waals surface area contributed by atoms with Crippen LogP contribution in [0.25, 0.3) is 0 Å². The number of carbonyl (C=O) groups is 3. The predicted molar refractivity (Wildman–Crippen MR) is 106 cm³/mol. The van der Waals surface area contributed by atoms with Crippen LogP contribution in [0.5, 0.6) is 0 Å². The molecule has 6 heteroatoms. The number of hydrogen-bond acceptors (Lipinski definition) is 3. The normalized spacial score (nSPS) is 18.7. The van der Waals surface area contributed by atoms with Crippen molar-refractivity contribution in [2.75, 3.05) is 18.4 Å². The largest absolute Gasteiger partial charge is 0.481 e. The average Bonchev–Trinajstić information content (AvgIpc) is 3.06. The van der Waals surface area contributed by atoms with E-state index in [0.717, 1.165) is 11.1 Å². The molecule has 1 aliphatic rings. The minimum Gasteiger partial charge on any atom is -0.481 e. The maximum Gasteiger partial charge on any atom is 0.308 e. The van der Waals surface area contributed by atoms with Crippen molar-refractivity contribution < 1.29 is 19.5 Å². The standard InChI is InChI=1S/C22H24N2O4/c1-15(25)23-19-9-5-8-17(11-19)12-21(26)24-13-18(20(14-24)22(27)28)10-16-6-3-2-4-7-16/h2-9,11,18,20H,10,12-14H2,1H3,(H,23,25)(H,27,28)/t18-,20-/m1/s1. The third kappa shape index (κ3) is 4.97. The second-order valence-corrected chi connectivity index (χ2v) is 7.25. The minimum atomic E-state index is -0.858. The monoisotopic (exact) mass is 380 g/mol. The lowest BCUT2D eigenvalue weighted by Gasteiger charge is -2.17. The number of nitrogens with one attached hydrogen (secondary N) is 1. The van der Waals surface area contributed by atoms with Gasteiger partial charge in [-0.15, -0.1) is 0 Å². The molecule has 0 saturated carbocycles. The van der Waals surface area contributed by atoms with Gasteiger partial charge in [0.2, 0.25) is 11.8 Å². The maximum absolute atomic E-state index is 12.8. The molecular formula is C22H24N2O4. The summed E-state index contributed by atoms with van der Waals surface area (Å²) in [7, 11) is 0. The first-order valence-electron chi connectivity index (χ1n) is 9.33. The lowest BCUT2D eigenvalue weighted by Crippen LogP contribution is -2.31. The smallest absolute Gasteiger partial charge is 0.308 e. The van der Waals surface area contributed by atoms with Crippen LogP contribution in [0.15, 0.2) is 54.6 Å². The lowest BCUT2D eigenvalue weighted by molar-refractivity contribution is -0.142. The summed E-state index contributed by atoms with van der Waals surface area (Å²) in [6.45, 7) is 2.11. The highest BCUT2D eigenvalue weighted by Crippen LogP contribution is 2.28. The zero-order valence-electron chi connectivity index (χ0n) is 15.8. The Hall–Kier alpha value is -3.15. The molecule has 0 spiro atoms. The summed E-state index contributed by atoms with van der Waals surface area (Å²) >= 11 is 0. The number of rotatable bonds is 6. The molecule has 1 heterocycles. The van der Waals surface area contributed by atoms with Gasteiger partial charge in [-0.05, 0) is 35.6 Å². The van der Waals surface area contributed by atoms with Crippen LogP contribution in [0.2, 0.25) is 0 Å². The Morgan fingerprint density at radius 1 is 1.04 bits per heavy atom. The van der Waals surface area contributed by atoms with E-state index < -0.39 is 11.9 Å². The summed E-state index contributed by atoms with van der Waals surface area (Å²) in [6, 6.07) is 16.9. The Morgan fingerprint density at radius 2 is 1.75 bits per heavy atom. The van der Waals surface area contributed by atoms with E-state index in [1.165, 1.54) is 6.92 Å². The first-order valence-corrected chi connectivity index (χ1v) is 9.33. The third-order valence-corrected chi connectivity index (χ3v) is 5.05. The van der Waals surface area contributed by atoms with Gasteiger partial charge in [0.1, 0.15) is 0 Å². The highest BCUT2D eigenvalue weighted by molar-refractivity contribution is 5.89. The molecule has 0 radical (unpaired) electrons. The Labute approximate surface area is 164 Å². The molecule has 1 fully saturated rings. The van der Waals surface area contributed by atoms with E-state index in [1.807, 2.05) is 36.4 Å². The molecule has 0 unspecified atom stereocenters. The highest BCUT2D eigenvalue weighted by atomic mass is 16.4. The fraction of sp³-hybridized carbons (Fsp3) is 0.318. The number of amides is 2. The topological polar surface area (TPSA) is 86.7 Å². The summed E-state index contributed by atoms with van der Waals surface area (Å²) in [6.07, 6.45) is 0.817. The molecule has 2 amide bonds. The lowest BCUT2D eigenvalue weighted by atomic mass is 9.90. The van der Waals surface area contributed by atoms with E-state index in [1.54, 1.807) is 23.1 Å². The van der Waals surface area contributed by atoms with Crippen LogP contribution in [0.1, 0.15) is 18.1 Å². The molecule has 0 aliphatic carbocycles. The first-order chi connectivity index (χ1) is 13.4. The van der Waals surface area contributed by atoms with Crippen LogP contribution in [-0.2, 0) is 27.2 Å². The second kappa shape index (κ2) is 8.69. The molecule has 0 aromatic heterocycles. The first kappa shape index (κ1) is 19.6. The Bertz CT molecular complexity index is 866. The highest BCUT2D eigenvalue weighted by Gasteiger charge is 2.39. The minimum absolute atomic E-state index is 0.0956. The number of carbonyl (C=O) groups excluding carboxylic acids is 2. The average molecular weight is 380 g/mol. The number of anilines is 1. The van der Waals surface area contributed by atoms with E-state index in [4.69, 9.17) is 0 Å². The van der Waals surface area contributed by atoms with Crippen LogP contribution in [-0.4, -0.2) is 40.9 Å². The Kier molecular flexibility index (Phi) is 6.09. The third-order valence-electron chi connectivity index (χ3n) is 5.05. The van der Waals surface area contributed by atoms with Gasteiger partial charge in [0.15, 0.2) is 0 Å². The van der Waals surface area contributed by atoms with Gasteiger partial charge in [0.05, 0.1) is 12.3 Å². The van der Waals surface area contributed by atoms with Gasteiger partial charge in [0.25, 0.3) is 0 Å². The van der Waals surface area contributed by atoms with Crippen molar-refractivity contribution in [1.29, 1.82) is 0 Å². The molecule has 1 aliphatic heterocycles. The van der Waals surface area contributed by atoms with Crippen LogP contribution >= 0.6 is 0 Å². The van der Waals surface area contributed by atoms with E-state index in [9.17, 15) is 19.5 Å². The molecule has 2 aromatic carbocycles. The molecular weight excluding hydrogens is 356 g/mol. The van der Waals surface area contributed by atoms with Gasteiger partial charge in [-0.2, -0.15) is 0 Å². The van der Waals surface area contributed by atoms with Gasteiger partial charge >= 0.3 is 5.97 Å². The Morgan fingerprint density at radius 3 is 2.43 bits per heavy atom. The van der Waals surface area contributed by atoms with E-state index in [-0.39, 0.29) is 30.7 Å². The summed E-state index contributed by atoms with van der Waals surface area (Å²) in [5.74, 6) is -1.79. The predicted octanol–water partition coefficient (Wildman–Crippen LogP) is 2.59. The van der Waals surface area contributed by atoms with Crippen LogP contribution in [0.4, 0.5) is 5.69 Å². The zero-order valence-corrected chi connectivity index (χ0v) is 15.8. The van der Waals surface area contributed by atoms with Gasteiger partial charge < -0.3 is 15.3 Å². The maximum atomic E-state index is 12.8. The SMILES string of the molecule is CC(=O)Nc1cccc(CC(=O)N2C[C@@H](Cc3ccccc3)[C@H](C(=O)O)C2)c1. The molecule has 28 heavy (non-hydrogen) atoms.